The van der Waals surface area contributed by atoms with Gasteiger partial charge < -0.3 is 9.84 Å². The van der Waals surface area contributed by atoms with Crippen molar-refractivity contribution in [3.63, 3.8) is 0 Å². The van der Waals surface area contributed by atoms with Crippen LogP contribution in [0.15, 0.2) is 53.1 Å². The second-order valence-corrected chi connectivity index (χ2v) is 7.37. The Labute approximate surface area is 142 Å². The Hall–Kier alpha value is -2.47. The number of carbonyl (C=O) groups excluding carboxylic acids is 1. The first-order chi connectivity index (χ1) is 11.5. The van der Waals surface area contributed by atoms with E-state index in [9.17, 15) is 9.00 Å². The molecule has 0 aliphatic carbocycles. The number of amides is 1. The van der Waals surface area contributed by atoms with E-state index in [1.807, 2.05) is 42.5 Å². The number of hydrogen-bond donors (Lipinski definition) is 1. The number of carbonyl (C=O) groups is 1. The number of hydrogen-bond acceptors (Lipinski definition) is 4. The Morgan fingerprint density at radius 2 is 2.00 bits per heavy atom. The molecule has 1 amide bonds. The van der Waals surface area contributed by atoms with Crippen LogP contribution in [-0.4, -0.2) is 20.5 Å². The van der Waals surface area contributed by atoms with E-state index in [2.05, 4.69) is 10.5 Å². The lowest BCUT2D eigenvalue weighted by Crippen LogP contribution is -2.29. The first-order valence-corrected chi connectivity index (χ1v) is 9.01. The molecule has 6 heteroatoms. The predicted molar refractivity (Wildman–Crippen MR) is 95.1 cm³/mol. The van der Waals surface area contributed by atoms with Gasteiger partial charge in [0.1, 0.15) is 11.0 Å². The topological polar surface area (TPSA) is 72.2 Å². The first-order valence-electron chi connectivity index (χ1n) is 7.62. The van der Waals surface area contributed by atoms with Crippen molar-refractivity contribution in [2.24, 2.45) is 0 Å². The summed E-state index contributed by atoms with van der Waals surface area (Å²) in [6.45, 7) is 3.40. The summed E-state index contributed by atoms with van der Waals surface area (Å²) in [6, 6.07) is 15.5. The van der Waals surface area contributed by atoms with Crippen LogP contribution >= 0.6 is 0 Å². The molecule has 2 atom stereocenters. The summed E-state index contributed by atoms with van der Waals surface area (Å²) in [5.41, 5.74) is 0.975. The fourth-order valence-electron chi connectivity index (χ4n) is 2.47. The summed E-state index contributed by atoms with van der Waals surface area (Å²) in [4.78, 5) is 12.2. The van der Waals surface area contributed by atoms with E-state index in [-0.39, 0.29) is 5.91 Å². The minimum atomic E-state index is -1.34. The summed E-state index contributed by atoms with van der Waals surface area (Å²) < 4.78 is 17.5. The van der Waals surface area contributed by atoms with E-state index < -0.39 is 16.0 Å². The minimum absolute atomic E-state index is 0.327. The Bertz CT molecular complexity index is 899. The first kappa shape index (κ1) is 16.4. The highest BCUT2D eigenvalue weighted by atomic mass is 32.2. The second-order valence-electron chi connectivity index (χ2n) is 5.62. The monoisotopic (exact) mass is 342 g/mol. The molecule has 1 N–H and O–H groups in total. The van der Waals surface area contributed by atoms with Crippen LogP contribution in [0.3, 0.4) is 0 Å². The molecule has 0 radical (unpaired) electrons. The van der Waals surface area contributed by atoms with Crippen LogP contribution in [0.1, 0.15) is 18.2 Å². The van der Waals surface area contributed by atoms with Gasteiger partial charge in [0.05, 0.1) is 0 Å². The van der Waals surface area contributed by atoms with E-state index in [0.29, 0.717) is 17.3 Å². The lowest BCUT2D eigenvalue weighted by Gasteiger charge is -2.12. The van der Waals surface area contributed by atoms with E-state index in [1.54, 1.807) is 19.9 Å². The average molecular weight is 342 g/mol. The van der Waals surface area contributed by atoms with Crippen molar-refractivity contribution in [3.05, 3.63) is 59.9 Å². The smallest absolute Gasteiger partial charge is 0.241 e. The van der Waals surface area contributed by atoms with E-state index in [0.717, 1.165) is 16.3 Å². The van der Waals surface area contributed by atoms with Crippen LogP contribution in [0.5, 0.6) is 0 Å². The van der Waals surface area contributed by atoms with Crippen LogP contribution in [-0.2, 0) is 21.3 Å². The zero-order valence-electron chi connectivity index (χ0n) is 13.5. The summed E-state index contributed by atoms with van der Waals surface area (Å²) in [5, 5.41) is 7.86. The molecule has 0 aliphatic rings. The summed E-state index contributed by atoms with van der Waals surface area (Å²) in [5.74, 6) is 0.941. The van der Waals surface area contributed by atoms with Crippen LogP contribution < -0.4 is 5.32 Å². The van der Waals surface area contributed by atoms with Gasteiger partial charge in [-0.25, -0.2) is 0 Å². The molecule has 0 aliphatic heterocycles. The molecule has 0 fully saturated rings. The van der Waals surface area contributed by atoms with Crippen molar-refractivity contribution in [3.8, 4) is 0 Å². The van der Waals surface area contributed by atoms with Gasteiger partial charge in [-0.15, -0.1) is 0 Å². The molecule has 1 aromatic heterocycles. The van der Waals surface area contributed by atoms with Gasteiger partial charge in [-0.1, -0.05) is 47.6 Å². The fraction of sp³-hybridized carbons (Fsp3) is 0.222. The number of benzene rings is 2. The highest BCUT2D eigenvalue weighted by Crippen LogP contribution is 2.21. The molecule has 3 aromatic rings. The maximum atomic E-state index is 12.6. The van der Waals surface area contributed by atoms with Crippen molar-refractivity contribution < 1.29 is 13.5 Å². The molecule has 3 rings (SSSR count). The van der Waals surface area contributed by atoms with Gasteiger partial charge in [-0.3, -0.25) is 9.00 Å². The number of fused-ring (bicyclic) bond motifs is 1. The minimum Gasteiger partial charge on any atom is -0.360 e. The molecule has 0 spiro atoms. The van der Waals surface area contributed by atoms with Gasteiger partial charge in [0, 0.05) is 22.6 Å². The van der Waals surface area contributed by atoms with Gasteiger partial charge in [-0.05, 0) is 30.2 Å². The van der Waals surface area contributed by atoms with Crippen molar-refractivity contribution in [1.82, 2.24) is 5.16 Å². The molecule has 5 nitrogen and oxygen atoms in total. The third-order valence-corrected chi connectivity index (χ3v) is 5.42. The average Bonchev–Trinajstić information content (AvgIpc) is 2.99. The number of nitrogens with zero attached hydrogens (tertiary/aromatic N) is 1. The van der Waals surface area contributed by atoms with Gasteiger partial charge in [0.2, 0.25) is 5.91 Å². The number of rotatable bonds is 5. The van der Waals surface area contributed by atoms with Crippen LogP contribution in [0, 0.1) is 6.92 Å². The standard InChI is InChI=1S/C18H18N2O3S/c1-12-10-17(20-23-12)19-18(21)13(2)24(22)11-15-8-5-7-14-6-3-4-9-16(14)15/h3-10,13H,11H2,1-2H3,(H,19,20,21)/t13-,24+/m0/s1. The summed E-state index contributed by atoms with van der Waals surface area (Å²) in [6.07, 6.45) is 0. The summed E-state index contributed by atoms with van der Waals surface area (Å²) in [7, 11) is -1.34. The van der Waals surface area contributed by atoms with Crippen molar-refractivity contribution in [1.29, 1.82) is 0 Å². The highest BCUT2D eigenvalue weighted by molar-refractivity contribution is 7.85. The molecule has 24 heavy (non-hydrogen) atoms. The third-order valence-electron chi connectivity index (χ3n) is 3.82. The Kier molecular flexibility index (Phi) is 4.76. The van der Waals surface area contributed by atoms with Gasteiger partial charge in [0.15, 0.2) is 5.82 Å². The van der Waals surface area contributed by atoms with E-state index >= 15 is 0 Å². The number of nitrogens with one attached hydrogen (secondary N) is 1. The molecule has 0 saturated heterocycles. The maximum Gasteiger partial charge on any atom is 0.241 e. The zero-order chi connectivity index (χ0) is 17.1. The van der Waals surface area contributed by atoms with Crippen molar-refractivity contribution >= 4 is 33.3 Å². The van der Waals surface area contributed by atoms with E-state index in [4.69, 9.17) is 4.52 Å². The molecule has 0 bridgehead atoms. The number of anilines is 1. The maximum absolute atomic E-state index is 12.6. The Morgan fingerprint density at radius 3 is 2.75 bits per heavy atom. The lowest BCUT2D eigenvalue weighted by atomic mass is 10.1. The molecule has 0 saturated carbocycles. The van der Waals surface area contributed by atoms with Gasteiger partial charge in [0.25, 0.3) is 0 Å². The highest BCUT2D eigenvalue weighted by Gasteiger charge is 2.21. The largest absolute Gasteiger partial charge is 0.360 e. The van der Waals surface area contributed by atoms with Gasteiger partial charge in [-0.2, -0.15) is 0 Å². The Balaban J connectivity index is 1.72. The lowest BCUT2D eigenvalue weighted by molar-refractivity contribution is -0.115. The molecular weight excluding hydrogens is 324 g/mol. The quantitative estimate of drug-likeness (QED) is 0.771. The van der Waals surface area contributed by atoms with Gasteiger partial charge >= 0.3 is 0 Å². The zero-order valence-corrected chi connectivity index (χ0v) is 14.3. The molecule has 1 heterocycles. The van der Waals surface area contributed by atoms with Crippen molar-refractivity contribution in [2.45, 2.75) is 24.9 Å². The van der Waals surface area contributed by atoms with Crippen LogP contribution in [0.25, 0.3) is 10.8 Å². The fourth-order valence-corrected chi connectivity index (χ4v) is 3.58. The third kappa shape index (κ3) is 3.54. The summed E-state index contributed by atoms with van der Waals surface area (Å²) >= 11 is 0. The van der Waals surface area contributed by atoms with Crippen LogP contribution in [0.2, 0.25) is 0 Å². The van der Waals surface area contributed by atoms with E-state index in [1.165, 1.54) is 0 Å². The van der Waals surface area contributed by atoms with Crippen LogP contribution in [0.4, 0.5) is 5.82 Å². The predicted octanol–water partition coefficient (Wildman–Crippen LogP) is 3.41. The van der Waals surface area contributed by atoms with Crippen molar-refractivity contribution in [2.75, 3.05) is 5.32 Å². The molecular formula is C18H18N2O3S. The Morgan fingerprint density at radius 1 is 1.25 bits per heavy atom. The number of aromatic nitrogens is 1. The molecule has 2 aromatic carbocycles. The normalized spacial score (nSPS) is 13.6. The number of aryl methyl sites for hydroxylation is 1. The molecule has 124 valence electrons. The molecule has 0 unspecified atom stereocenters. The SMILES string of the molecule is Cc1cc(NC(=O)[C@H](C)[S@](=O)Cc2cccc3ccccc23)no1. The second kappa shape index (κ2) is 6.97.